The van der Waals surface area contributed by atoms with Crippen LogP contribution < -0.4 is 20.4 Å². The SMILES string of the molecule is C=CC(=O)N1CCN(C2CN(c3cc(N(CC)CCC/C(=C(/NC)C(C)(P)CNC)C(C)C)nc(C(F)(F)F)n3)C2C)CC1. The molecule has 9 nitrogen and oxygen atoms in total. The average molecular weight is 641 g/mol. The van der Waals surface area contributed by atoms with Gasteiger partial charge in [0.25, 0.3) is 0 Å². The normalized spacial score (nSPS) is 21.5. The van der Waals surface area contributed by atoms with Crippen molar-refractivity contribution in [3.63, 3.8) is 0 Å². The van der Waals surface area contributed by atoms with E-state index < -0.39 is 12.0 Å². The van der Waals surface area contributed by atoms with E-state index in [4.69, 9.17) is 0 Å². The van der Waals surface area contributed by atoms with Crippen LogP contribution in [0, 0.1) is 5.92 Å². The standard InChI is InChI=1S/C31H52F3N8OP/c1-9-27(43)41-16-14-40(15-17-41)24-19-42(22(24)5)26-18-25(37-29(38-26)31(32,33)34)39(10-2)13-11-12-23(21(3)4)28(36-8)30(6,44)20-35-7/h9,18,21-22,24,35-36H,1,10-17,19-20,44H2,2-8H3/b28-23-. The number of aromatic nitrogens is 2. The molecule has 2 N–H and O–H groups in total. The summed E-state index contributed by atoms with van der Waals surface area (Å²) in [6, 6.07) is 1.86. The van der Waals surface area contributed by atoms with Crippen molar-refractivity contribution >= 4 is 26.8 Å². The number of piperazine rings is 1. The summed E-state index contributed by atoms with van der Waals surface area (Å²) in [6.45, 7) is 19.2. The highest BCUT2D eigenvalue weighted by Crippen LogP contribution is 2.36. The molecule has 44 heavy (non-hydrogen) atoms. The fourth-order valence-electron chi connectivity index (χ4n) is 6.44. The molecule has 1 aromatic heterocycles. The molecule has 4 atom stereocenters. The van der Waals surface area contributed by atoms with Gasteiger partial charge in [-0.15, -0.1) is 9.24 Å². The van der Waals surface area contributed by atoms with Crippen LogP contribution in [0.1, 0.15) is 53.3 Å². The highest BCUT2D eigenvalue weighted by Gasteiger charge is 2.43. The number of hydrogen-bond donors (Lipinski definition) is 2. The molecule has 2 fully saturated rings. The topological polar surface area (TPSA) is 79.9 Å². The second-order valence-electron chi connectivity index (χ2n) is 12.4. The molecule has 0 saturated carbocycles. The Kier molecular flexibility index (Phi) is 12.5. The minimum absolute atomic E-state index is 0.0203. The number of hydrogen-bond acceptors (Lipinski definition) is 8. The lowest BCUT2D eigenvalue weighted by Crippen LogP contribution is -2.68. The first-order valence-electron chi connectivity index (χ1n) is 15.7. The van der Waals surface area contributed by atoms with Crippen LogP contribution in [-0.4, -0.2) is 109 Å². The molecule has 2 aliphatic rings. The van der Waals surface area contributed by atoms with Crippen LogP contribution in [0.15, 0.2) is 30.0 Å². The van der Waals surface area contributed by atoms with Crippen LogP contribution in [0.2, 0.25) is 0 Å². The molecule has 3 heterocycles. The predicted molar refractivity (Wildman–Crippen MR) is 176 cm³/mol. The number of anilines is 2. The van der Waals surface area contributed by atoms with E-state index >= 15 is 0 Å². The van der Waals surface area contributed by atoms with Gasteiger partial charge < -0.3 is 25.3 Å². The van der Waals surface area contributed by atoms with Gasteiger partial charge in [0, 0.05) is 88.4 Å². The number of rotatable bonds is 14. The number of halogens is 3. The molecular formula is C31H52F3N8OP. The Labute approximate surface area is 263 Å². The number of nitrogens with zero attached hydrogens (tertiary/aromatic N) is 6. The minimum Gasteiger partial charge on any atom is -0.391 e. The molecule has 0 radical (unpaired) electrons. The summed E-state index contributed by atoms with van der Waals surface area (Å²) >= 11 is 0. The van der Waals surface area contributed by atoms with Crippen molar-refractivity contribution in [2.24, 2.45) is 5.92 Å². The molecule has 0 bridgehead atoms. The summed E-state index contributed by atoms with van der Waals surface area (Å²) in [5.74, 6) is -0.264. The summed E-state index contributed by atoms with van der Waals surface area (Å²) in [4.78, 5) is 27.9. The summed E-state index contributed by atoms with van der Waals surface area (Å²) in [5.41, 5.74) is 2.49. The average Bonchev–Trinajstić information content (AvgIpc) is 2.97. The Balaban J connectivity index is 1.77. The van der Waals surface area contributed by atoms with Crippen molar-refractivity contribution in [1.82, 2.24) is 30.4 Å². The van der Waals surface area contributed by atoms with E-state index in [2.05, 4.69) is 62.1 Å². The second kappa shape index (κ2) is 15.2. The van der Waals surface area contributed by atoms with Crippen molar-refractivity contribution in [2.75, 3.05) is 76.3 Å². The lowest BCUT2D eigenvalue weighted by atomic mass is 9.90. The van der Waals surface area contributed by atoms with Crippen LogP contribution in [-0.2, 0) is 11.0 Å². The second-order valence-corrected chi connectivity index (χ2v) is 13.6. The monoisotopic (exact) mass is 640 g/mol. The van der Waals surface area contributed by atoms with Gasteiger partial charge in [-0.2, -0.15) is 13.2 Å². The first-order chi connectivity index (χ1) is 20.7. The van der Waals surface area contributed by atoms with Gasteiger partial charge in [-0.05, 0) is 58.2 Å². The zero-order valence-electron chi connectivity index (χ0n) is 27.5. The van der Waals surface area contributed by atoms with Gasteiger partial charge in [-0.1, -0.05) is 20.4 Å². The number of amides is 1. The van der Waals surface area contributed by atoms with E-state index in [0.29, 0.717) is 50.3 Å². The first kappa shape index (κ1) is 36.0. The van der Waals surface area contributed by atoms with Gasteiger partial charge >= 0.3 is 6.18 Å². The molecule has 0 spiro atoms. The molecule has 248 valence electrons. The quantitative estimate of drug-likeness (QED) is 0.234. The zero-order valence-corrected chi connectivity index (χ0v) is 28.6. The largest absolute Gasteiger partial charge is 0.451 e. The van der Waals surface area contributed by atoms with Crippen LogP contribution >= 0.6 is 9.24 Å². The highest BCUT2D eigenvalue weighted by atomic mass is 31.0. The van der Waals surface area contributed by atoms with Gasteiger partial charge in [0.15, 0.2) is 0 Å². The smallest absolute Gasteiger partial charge is 0.391 e. The van der Waals surface area contributed by atoms with Crippen molar-refractivity contribution in [2.45, 2.75) is 70.9 Å². The van der Waals surface area contributed by atoms with Gasteiger partial charge in [0.2, 0.25) is 11.7 Å². The van der Waals surface area contributed by atoms with E-state index in [-0.39, 0.29) is 23.1 Å². The van der Waals surface area contributed by atoms with E-state index in [0.717, 1.165) is 32.5 Å². The van der Waals surface area contributed by atoms with Crippen molar-refractivity contribution in [3.8, 4) is 0 Å². The summed E-state index contributed by atoms with van der Waals surface area (Å²) in [5, 5.41) is 6.51. The Morgan fingerprint density at radius 1 is 1.23 bits per heavy atom. The third kappa shape index (κ3) is 8.43. The third-order valence-electron chi connectivity index (χ3n) is 8.91. The van der Waals surface area contributed by atoms with E-state index in [1.54, 1.807) is 11.0 Å². The number of nitrogens with one attached hydrogen (secondary N) is 2. The van der Waals surface area contributed by atoms with Crippen LogP contribution in [0.5, 0.6) is 0 Å². The van der Waals surface area contributed by atoms with Crippen LogP contribution in [0.25, 0.3) is 0 Å². The van der Waals surface area contributed by atoms with E-state index in [9.17, 15) is 18.0 Å². The molecule has 13 heteroatoms. The van der Waals surface area contributed by atoms with Gasteiger partial charge in [0.05, 0.1) is 0 Å². The van der Waals surface area contributed by atoms with E-state index in [1.165, 1.54) is 17.3 Å². The Morgan fingerprint density at radius 2 is 1.89 bits per heavy atom. The molecule has 3 rings (SSSR count). The van der Waals surface area contributed by atoms with Crippen molar-refractivity contribution in [3.05, 3.63) is 35.8 Å². The van der Waals surface area contributed by atoms with E-state index in [1.807, 2.05) is 37.7 Å². The van der Waals surface area contributed by atoms with Crippen LogP contribution in [0.4, 0.5) is 24.8 Å². The lowest BCUT2D eigenvalue weighted by Gasteiger charge is -2.53. The fraction of sp³-hybridized carbons (Fsp3) is 0.710. The predicted octanol–water partition coefficient (Wildman–Crippen LogP) is 3.99. The molecule has 1 aromatic rings. The fourth-order valence-corrected chi connectivity index (χ4v) is 6.97. The first-order valence-corrected chi connectivity index (χ1v) is 16.2. The number of alkyl halides is 3. The molecule has 2 aliphatic heterocycles. The van der Waals surface area contributed by atoms with Crippen molar-refractivity contribution in [1.29, 1.82) is 0 Å². The molecular weight excluding hydrogens is 588 g/mol. The Hall–Kier alpha value is -2.43. The summed E-state index contributed by atoms with van der Waals surface area (Å²) in [6.07, 6.45) is -1.73. The summed E-state index contributed by atoms with van der Waals surface area (Å²) in [7, 11) is 6.83. The highest BCUT2D eigenvalue weighted by molar-refractivity contribution is 7.19. The Morgan fingerprint density at radius 3 is 2.39 bits per heavy atom. The molecule has 0 aliphatic carbocycles. The molecule has 2 saturated heterocycles. The minimum atomic E-state index is -4.66. The van der Waals surface area contributed by atoms with Gasteiger partial charge in [-0.25, -0.2) is 9.97 Å². The number of allylic oxidation sites excluding steroid dienone is 1. The molecule has 0 aromatic carbocycles. The number of carbonyl (C=O) groups excluding carboxylic acids is 1. The molecule has 4 unspecified atom stereocenters. The van der Waals surface area contributed by atoms with Gasteiger partial charge in [0.1, 0.15) is 11.6 Å². The van der Waals surface area contributed by atoms with Crippen LogP contribution in [0.3, 0.4) is 0 Å². The summed E-state index contributed by atoms with van der Waals surface area (Å²) < 4.78 is 42.0. The zero-order chi connectivity index (χ0) is 32.8. The number of carbonyl (C=O) groups is 1. The van der Waals surface area contributed by atoms with Gasteiger partial charge in [-0.3, -0.25) is 9.69 Å². The Bertz CT molecular complexity index is 1170. The third-order valence-corrected chi connectivity index (χ3v) is 9.40. The lowest BCUT2D eigenvalue weighted by molar-refractivity contribution is -0.144. The van der Waals surface area contributed by atoms with Crippen molar-refractivity contribution < 1.29 is 18.0 Å². The maximum atomic E-state index is 14.0. The maximum absolute atomic E-state index is 14.0. The molecule has 1 amide bonds. The maximum Gasteiger partial charge on any atom is 0.451 e.